The van der Waals surface area contributed by atoms with E-state index in [-0.39, 0.29) is 10.7 Å². The molecule has 0 aliphatic carbocycles. The summed E-state index contributed by atoms with van der Waals surface area (Å²) in [5, 5.41) is 0. The number of nitrogens with one attached hydrogen (secondary N) is 1. The van der Waals surface area contributed by atoms with Crippen molar-refractivity contribution in [3.05, 3.63) is 29.8 Å². The molecule has 106 valence electrons. The second-order valence-corrected chi connectivity index (χ2v) is 5.80. The van der Waals surface area contributed by atoms with E-state index in [4.69, 9.17) is 4.74 Å². The van der Waals surface area contributed by atoms with Gasteiger partial charge in [-0.25, -0.2) is 13.1 Å². The molecule has 0 saturated heterocycles. The minimum atomic E-state index is -3.51. The molecule has 1 rings (SSSR count). The van der Waals surface area contributed by atoms with Gasteiger partial charge in [0.25, 0.3) is 0 Å². The number of Topliss-reactive ketones (excluding diaryl/α,β-unsaturated/α-hetero) is 1. The fraction of sp³-hybridized carbons (Fsp3) is 0.462. The number of hydrogen-bond donors (Lipinski definition) is 1. The molecule has 19 heavy (non-hydrogen) atoms. The number of rotatable bonds is 8. The van der Waals surface area contributed by atoms with E-state index in [9.17, 15) is 13.2 Å². The number of ketones is 1. The van der Waals surface area contributed by atoms with E-state index in [2.05, 4.69) is 4.72 Å². The van der Waals surface area contributed by atoms with Gasteiger partial charge in [-0.3, -0.25) is 4.79 Å². The van der Waals surface area contributed by atoms with E-state index in [1.807, 2.05) is 6.92 Å². The maximum Gasteiger partial charge on any atom is 0.240 e. The van der Waals surface area contributed by atoms with Crippen LogP contribution in [0.1, 0.15) is 30.6 Å². The predicted octanol–water partition coefficient (Wildman–Crippen LogP) is 1.59. The van der Waals surface area contributed by atoms with Crippen LogP contribution < -0.4 is 4.72 Å². The zero-order valence-electron chi connectivity index (χ0n) is 11.2. The highest BCUT2D eigenvalue weighted by Gasteiger charge is 2.13. The summed E-state index contributed by atoms with van der Waals surface area (Å²) in [6, 6.07) is 5.89. The molecule has 0 radical (unpaired) electrons. The second-order valence-electron chi connectivity index (χ2n) is 4.03. The molecule has 0 bridgehead atoms. The molecule has 0 aliphatic heterocycles. The Hall–Kier alpha value is -1.24. The summed E-state index contributed by atoms with van der Waals surface area (Å²) in [6.45, 7) is 4.81. The van der Waals surface area contributed by atoms with Crippen molar-refractivity contribution in [1.29, 1.82) is 0 Å². The highest BCUT2D eigenvalue weighted by molar-refractivity contribution is 7.89. The van der Waals surface area contributed by atoms with Crippen LogP contribution in [-0.4, -0.2) is 34.0 Å². The normalized spacial score (nSPS) is 11.5. The van der Waals surface area contributed by atoms with Gasteiger partial charge >= 0.3 is 0 Å². The van der Waals surface area contributed by atoms with Crippen LogP contribution in [0.25, 0.3) is 0 Å². The van der Waals surface area contributed by atoms with Crippen molar-refractivity contribution in [2.75, 3.05) is 19.8 Å². The first-order valence-electron chi connectivity index (χ1n) is 6.16. The molecule has 5 nitrogen and oxygen atoms in total. The summed E-state index contributed by atoms with van der Waals surface area (Å²) >= 11 is 0. The molecule has 0 saturated carbocycles. The third-order valence-corrected chi connectivity index (χ3v) is 4.01. The molecule has 1 aromatic rings. The van der Waals surface area contributed by atoms with Gasteiger partial charge in [-0.05, 0) is 32.4 Å². The van der Waals surface area contributed by atoms with E-state index in [0.717, 1.165) is 0 Å². The first-order valence-corrected chi connectivity index (χ1v) is 7.64. The molecule has 0 unspecified atom stereocenters. The molecule has 1 aromatic carbocycles. The molecule has 1 N–H and O–H groups in total. The maximum atomic E-state index is 11.9. The van der Waals surface area contributed by atoms with Crippen molar-refractivity contribution < 1.29 is 17.9 Å². The van der Waals surface area contributed by atoms with E-state index in [1.54, 1.807) is 0 Å². The minimum absolute atomic E-state index is 0.0892. The smallest absolute Gasteiger partial charge is 0.240 e. The van der Waals surface area contributed by atoms with Crippen LogP contribution >= 0.6 is 0 Å². The molecule has 0 aromatic heterocycles. The maximum absolute atomic E-state index is 11.9. The average Bonchev–Trinajstić information content (AvgIpc) is 2.38. The molecule has 0 heterocycles. The zero-order valence-corrected chi connectivity index (χ0v) is 12.0. The minimum Gasteiger partial charge on any atom is -0.382 e. The summed E-state index contributed by atoms with van der Waals surface area (Å²) in [5.74, 6) is -0.0892. The van der Waals surface area contributed by atoms with Gasteiger partial charge in [0.2, 0.25) is 10.0 Å². The van der Waals surface area contributed by atoms with E-state index < -0.39 is 10.0 Å². The monoisotopic (exact) mass is 285 g/mol. The Morgan fingerprint density at radius 1 is 1.26 bits per heavy atom. The Morgan fingerprint density at radius 2 is 1.89 bits per heavy atom. The van der Waals surface area contributed by atoms with Crippen LogP contribution in [0.2, 0.25) is 0 Å². The van der Waals surface area contributed by atoms with Crippen LogP contribution in [0, 0.1) is 0 Å². The highest BCUT2D eigenvalue weighted by Crippen LogP contribution is 2.10. The van der Waals surface area contributed by atoms with Gasteiger partial charge in [0.1, 0.15) is 0 Å². The Kier molecular flexibility index (Phi) is 6.14. The number of benzene rings is 1. The summed E-state index contributed by atoms with van der Waals surface area (Å²) in [7, 11) is -3.51. The van der Waals surface area contributed by atoms with Crippen molar-refractivity contribution in [3.8, 4) is 0 Å². The van der Waals surface area contributed by atoms with Gasteiger partial charge < -0.3 is 4.74 Å². The SMILES string of the molecule is CCOCCCNS(=O)(=O)c1ccc(C(C)=O)cc1. The van der Waals surface area contributed by atoms with Crippen molar-refractivity contribution in [1.82, 2.24) is 4.72 Å². The third-order valence-electron chi connectivity index (χ3n) is 2.53. The lowest BCUT2D eigenvalue weighted by molar-refractivity contribution is 0.101. The average molecular weight is 285 g/mol. The summed E-state index contributed by atoms with van der Waals surface area (Å²) in [4.78, 5) is 11.3. The van der Waals surface area contributed by atoms with Crippen LogP contribution in [0.4, 0.5) is 0 Å². The lowest BCUT2D eigenvalue weighted by atomic mass is 10.2. The Balaban J connectivity index is 2.59. The lowest BCUT2D eigenvalue weighted by Gasteiger charge is -2.07. The molecule has 0 atom stereocenters. The van der Waals surface area contributed by atoms with Gasteiger partial charge in [0, 0.05) is 25.3 Å². The van der Waals surface area contributed by atoms with Gasteiger partial charge in [-0.2, -0.15) is 0 Å². The number of ether oxygens (including phenoxy) is 1. The molecule has 0 amide bonds. The fourth-order valence-electron chi connectivity index (χ4n) is 1.48. The van der Waals surface area contributed by atoms with Gasteiger partial charge in [0.15, 0.2) is 5.78 Å². The largest absolute Gasteiger partial charge is 0.382 e. The van der Waals surface area contributed by atoms with Crippen LogP contribution in [0.3, 0.4) is 0 Å². The Bertz CT molecular complexity index is 508. The van der Waals surface area contributed by atoms with Crippen molar-refractivity contribution in [2.24, 2.45) is 0 Å². The number of hydrogen-bond acceptors (Lipinski definition) is 4. The molecule has 6 heteroatoms. The lowest BCUT2D eigenvalue weighted by Crippen LogP contribution is -2.25. The zero-order chi connectivity index (χ0) is 14.3. The quantitative estimate of drug-likeness (QED) is 0.581. The number of sulfonamides is 1. The molecular formula is C13H19NO4S. The van der Waals surface area contributed by atoms with Crippen molar-refractivity contribution >= 4 is 15.8 Å². The Labute approximate surface area is 114 Å². The topological polar surface area (TPSA) is 72.5 Å². The number of carbonyl (C=O) groups is 1. The standard InChI is InChI=1S/C13H19NO4S/c1-3-18-10-4-9-14-19(16,17)13-7-5-12(6-8-13)11(2)15/h5-8,14H,3-4,9-10H2,1-2H3. The summed E-state index contributed by atoms with van der Waals surface area (Å²) < 4.78 is 31.4. The van der Waals surface area contributed by atoms with E-state index in [1.165, 1.54) is 31.2 Å². The number of carbonyl (C=O) groups excluding carboxylic acids is 1. The van der Waals surface area contributed by atoms with Gasteiger partial charge in [-0.1, -0.05) is 12.1 Å². The second kappa shape index (κ2) is 7.37. The van der Waals surface area contributed by atoms with Gasteiger partial charge in [-0.15, -0.1) is 0 Å². The molecule has 0 fully saturated rings. The van der Waals surface area contributed by atoms with Crippen LogP contribution in [0.5, 0.6) is 0 Å². The predicted molar refractivity (Wildman–Crippen MR) is 72.7 cm³/mol. The van der Waals surface area contributed by atoms with Crippen LogP contribution in [-0.2, 0) is 14.8 Å². The third kappa shape index (κ3) is 5.10. The van der Waals surface area contributed by atoms with E-state index in [0.29, 0.717) is 31.7 Å². The Morgan fingerprint density at radius 3 is 2.42 bits per heavy atom. The van der Waals surface area contributed by atoms with Gasteiger partial charge in [0.05, 0.1) is 4.90 Å². The first kappa shape index (κ1) is 15.8. The molecule has 0 aliphatic rings. The summed E-state index contributed by atoms with van der Waals surface area (Å²) in [5.41, 5.74) is 0.496. The first-order chi connectivity index (χ1) is 8.97. The van der Waals surface area contributed by atoms with E-state index >= 15 is 0 Å². The van der Waals surface area contributed by atoms with Crippen LogP contribution in [0.15, 0.2) is 29.2 Å². The molecular weight excluding hydrogens is 266 g/mol. The summed E-state index contributed by atoms with van der Waals surface area (Å²) in [6.07, 6.45) is 0.624. The van der Waals surface area contributed by atoms with Crippen molar-refractivity contribution in [2.45, 2.75) is 25.2 Å². The fourth-order valence-corrected chi connectivity index (χ4v) is 2.55. The van der Waals surface area contributed by atoms with Crippen molar-refractivity contribution in [3.63, 3.8) is 0 Å². The highest BCUT2D eigenvalue weighted by atomic mass is 32.2. The molecule has 0 spiro atoms.